The quantitative estimate of drug-likeness (QED) is 0.894. The summed E-state index contributed by atoms with van der Waals surface area (Å²) in [6.45, 7) is 1.08. The minimum Gasteiger partial charge on any atom is -0.491 e. The summed E-state index contributed by atoms with van der Waals surface area (Å²) >= 11 is 0. The highest BCUT2D eigenvalue weighted by Crippen LogP contribution is 2.32. The fraction of sp³-hybridized carbons (Fsp3) is 0.562. The summed E-state index contributed by atoms with van der Waals surface area (Å²) in [5.41, 5.74) is 1.03. The molecule has 0 spiro atoms. The van der Waals surface area contributed by atoms with E-state index in [4.69, 9.17) is 4.74 Å². The number of aliphatic hydroxyl groups is 1. The molecule has 114 valence electrons. The second-order valence-electron chi connectivity index (χ2n) is 5.99. The van der Waals surface area contributed by atoms with Crippen molar-refractivity contribution in [2.75, 3.05) is 20.2 Å². The SMILES string of the molecule is CN(CC1CCCC1O)C(=O)NC1COc2ccccc21. The standard InChI is InChI=1S/C16H22N2O3/c1-18(9-11-5-4-7-14(11)19)16(20)17-13-10-21-15-8-3-2-6-12(13)15/h2-3,6,8,11,13-14,19H,4-5,7,9-10H2,1H3,(H,17,20). The van der Waals surface area contributed by atoms with Crippen LogP contribution in [0.4, 0.5) is 4.79 Å². The maximum Gasteiger partial charge on any atom is 0.317 e. The molecule has 0 bridgehead atoms. The van der Waals surface area contributed by atoms with Gasteiger partial charge in [0.1, 0.15) is 12.4 Å². The van der Waals surface area contributed by atoms with Gasteiger partial charge in [-0.15, -0.1) is 0 Å². The second kappa shape index (κ2) is 5.93. The Hall–Kier alpha value is -1.75. The van der Waals surface area contributed by atoms with Crippen molar-refractivity contribution in [3.8, 4) is 5.75 Å². The molecule has 1 fully saturated rings. The third-order valence-corrected chi connectivity index (χ3v) is 4.47. The molecule has 3 rings (SSSR count). The third kappa shape index (κ3) is 2.97. The van der Waals surface area contributed by atoms with Gasteiger partial charge in [-0.3, -0.25) is 0 Å². The van der Waals surface area contributed by atoms with Crippen molar-refractivity contribution in [2.45, 2.75) is 31.4 Å². The van der Waals surface area contributed by atoms with Crippen molar-refractivity contribution in [1.29, 1.82) is 0 Å². The fourth-order valence-corrected chi connectivity index (χ4v) is 3.21. The van der Waals surface area contributed by atoms with Crippen LogP contribution in [0.5, 0.6) is 5.75 Å². The number of carbonyl (C=O) groups is 1. The van der Waals surface area contributed by atoms with Crippen molar-refractivity contribution in [3.05, 3.63) is 29.8 Å². The van der Waals surface area contributed by atoms with Crippen LogP contribution in [0.15, 0.2) is 24.3 Å². The van der Waals surface area contributed by atoms with Gasteiger partial charge in [-0.05, 0) is 18.9 Å². The van der Waals surface area contributed by atoms with Crippen LogP contribution in [-0.4, -0.2) is 42.3 Å². The number of carbonyl (C=O) groups excluding carboxylic acids is 1. The second-order valence-corrected chi connectivity index (χ2v) is 5.99. The highest BCUT2D eigenvalue weighted by atomic mass is 16.5. The van der Waals surface area contributed by atoms with Crippen LogP contribution >= 0.6 is 0 Å². The summed E-state index contributed by atoms with van der Waals surface area (Å²) in [5, 5.41) is 12.9. The molecule has 1 aliphatic heterocycles. The molecule has 0 radical (unpaired) electrons. The lowest BCUT2D eigenvalue weighted by molar-refractivity contribution is 0.113. The summed E-state index contributed by atoms with van der Waals surface area (Å²) < 4.78 is 5.57. The zero-order valence-corrected chi connectivity index (χ0v) is 12.3. The van der Waals surface area contributed by atoms with Gasteiger partial charge >= 0.3 is 6.03 Å². The Kier molecular flexibility index (Phi) is 4.01. The van der Waals surface area contributed by atoms with Gasteiger partial charge < -0.3 is 20.1 Å². The fourth-order valence-electron chi connectivity index (χ4n) is 3.21. The number of nitrogens with one attached hydrogen (secondary N) is 1. The number of para-hydroxylation sites is 1. The Labute approximate surface area is 124 Å². The number of hydrogen-bond donors (Lipinski definition) is 2. The first-order valence-corrected chi connectivity index (χ1v) is 7.56. The molecule has 1 saturated carbocycles. The van der Waals surface area contributed by atoms with Crippen molar-refractivity contribution in [3.63, 3.8) is 0 Å². The first-order valence-electron chi connectivity index (χ1n) is 7.56. The van der Waals surface area contributed by atoms with Crippen LogP contribution < -0.4 is 10.1 Å². The van der Waals surface area contributed by atoms with Gasteiger partial charge in [0, 0.05) is 25.1 Å². The van der Waals surface area contributed by atoms with Gasteiger partial charge in [-0.25, -0.2) is 4.79 Å². The van der Waals surface area contributed by atoms with E-state index in [0.717, 1.165) is 30.6 Å². The number of urea groups is 1. The smallest absolute Gasteiger partial charge is 0.317 e. The maximum atomic E-state index is 12.3. The van der Waals surface area contributed by atoms with Crippen LogP contribution in [0.2, 0.25) is 0 Å². The van der Waals surface area contributed by atoms with E-state index in [-0.39, 0.29) is 24.1 Å². The lowest BCUT2D eigenvalue weighted by atomic mass is 10.1. The lowest BCUT2D eigenvalue weighted by Crippen LogP contribution is -2.42. The Morgan fingerprint density at radius 1 is 1.43 bits per heavy atom. The van der Waals surface area contributed by atoms with Crippen molar-refractivity contribution < 1.29 is 14.6 Å². The number of rotatable bonds is 3. The number of benzene rings is 1. The van der Waals surface area contributed by atoms with Gasteiger partial charge in [-0.2, -0.15) is 0 Å². The van der Waals surface area contributed by atoms with Crippen LogP contribution in [0.25, 0.3) is 0 Å². The molecule has 5 heteroatoms. The Bertz CT molecular complexity index is 520. The van der Waals surface area contributed by atoms with E-state index in [0.29, 0.717) is 13.2 Å². The first kappa shape index (κ1) is 14.2. The monoisotopic (exact) mass is 290 g/mol. The first-order chi connectivity index (χ1) is 10.1. The normalized spacial score (nSPS) is 27.0. The molecule has 1 heterocycles. The van der Waals surface area contributed by atoms with E-state index in [1.165, 1.54) is 0 Å². The molecule has 1 aromatic rings. The highest BCUT2D eigenvalue weighted by molar-refractivity contribution is 5.74. The molecule has 0 aromatic heterocycles. The molecular formula is C16H22N2O3. The van der Waals surface area contributed by atoms with Crippen LogP contribution in [0.1, 0.15) is 30.9 Å². The average molecular weight is 290 g/mol. The van der Waals surface area contributed by atoms with Gasteiger partial charge in [-0.1, -0.05) is 24.6 Å². The molecular weight excluding hydrogens is 268 g/mol. The maximum absolute atomic E-state index is 12.3. The minimum atomic E-state index is -0.268. The number of nitrogens with zero attached hydrogens (tertiary/aromatic N) is 1. The van der Waals surface area contributed by atoms with E-state index in [2.05, 4.69) is 5.32 Å². The van der Waals surface area contributed by atoms with E-state index < -0.39 is 0 Å². The predicted molar refractivity (Wildman–Crippen MR) is 79.2 cm³/mol. The molecule has 1 aliphatic carbocycles. The van der Waals surface area contributed by atoms with Crippen molar-refractivity contribution >= 4 is 6.03 Å². The predicted octanol–water partition coefficient (Wildman–Crippen LogP) is 1.92. The molecule has 5 nitrogen and oxygen atoms in total. The Morgan fingerprint density at radius 2 is 2.24 bits per heavy atom. The molecule has 2 amide bonds. The molecule has 3 unspecified atom stereocenters. The summed E-state index contributed by atoms with van der Waals surface area (Å²) in [6.07, 6.45) is 2.62. The minimum absolute atomic E-state index is 0.0929. The molecule has 2 N–H and O–H groups in total. The summed E-state index contributed by atoms with van der Waals surface area (Å²) in [5.74, 6) is 1.05. The van der Waals surface area contributed by atoms with Gasteiger partial charge in [0.2, 0.25) is 0 Å². The number of amides is 2. The van der Waals surface area contributed by atoms with Crippen molar-refractivity contribution in [2.24, 2.45) is 5.92 Å². The molecule has 1 aromatic carbocycles. The lowest BCUT2D eigenvalue weighted by Gasteiger charge is -2.25. The number of hydrogen-bond acceptors (Lipinski definition) is 3. The van der Waals surface area contributed by atoms with E-state index in [9.17, 15) is 9.90 Å². The van der Waals surface area contributed by atoms with Gasteiger partial charge in [0.05, 0.1) is 12.1 Å². The number of aliphatic hydroxyl groups excluding tert-OH is 1. The Balaban J connectivity index is 1.57. The summed E-state index contributed by atoms with van der Waals surface area (Å²) in [7, 11) is 1.78. The molecule has 0 saturated heterocycles. The molecule has 2 aliphatic rings. The van der Waals surface area contributed by atoms with E-state index in [1.807, 2.05) is 24.3 Å². The van der Waals surface area contributed by atoms with E-state index >= 15 is 0 Å². The van der Waals surface area contributed by atoms with Gasteiger partial charge in [0.25, 0.3) is 0 Å². The van der Waals surface area contributed by atoms with Gasteiger partial charge in [0.15, 0.2) is 0 Å². The molecule has 3 atom stereocenters. The van der Waals surface area contributed by atoms with Crippen molar-refractivity contribution in [1.82, 2.24) is 10.2 Å². The average Bonchev–Trinajstić information content (AvgIpc) is 3.07. The van der Waals surface area contributed by atoms with E-state index in [1.54, 1.807) is 11.9 Å². The number of fused-ring (bicyclic) bond motifs is 1. The third-order valence-electron chi connectivity index (χ3n) is 4.47. The zero-order chi connectivity index (χ0) is 14.8. The van der Waals surface area contributed by atoms with Crippen LogP contribution in [0.3, 0.4) is 0 Å². The largest absolute Gasteiger partial charge is 0.491 e. The summed E-state index contributed by atoms with van der Waals surface area (Å²) in [4.78, 5) is 13.9. The Morgan fingerprint density at radius 3 is 3.00 bits per heavy atom. The highest BCUT2D eigenvalue weighted by Gasteiger charge is 2.29. The van der Waals surface area contributed by atoms with Crippen LogP contribution in [-0.2, 0) is 0 Å². The molecule has 21 heavy (non-hydrogen) atoms. The summed E-state index contributed by atoms with van der Waals surface area (Å²) in [6, 6.07) is 7.57. The number of ether oxygens (including phenoxy) is 1. The van der Waals surface area contributed by atoms with Crippen LogP contribution in [0, 0.1) is 5.92 Å². The zero-order valence-electron chi connectivity index (χ0n) is 12.3. The topological polar surface area (TPSA) is 61.8 Å².